The van der Waals surface area contributed by atoms with Crippen LogP contribution in [0, 0.1) is 5.82 Å². The van der Waals surface area contributed by atoms with Crippen LogP contribution in [0.2, 0.25) is 0 Å². The van der Waals surface area contributed by atoms with Gasteiger partial charge in [0.2, 0.25) is 0 Å². The zero-order chi connectivity index (χ0) is 12.5. The minimum absolute atomic E-state index is 0.0934. The summed E-state index contributed by atoms with van der Waals surface area (Å²) in [5.74, 6) is -0.238. The summed E-state index contributed by atoms with van der Waals surface area (Å²) in [7, 11) is 0. The van der Waals surface area contributed by atoms with Crippen LogP contribution < -0.4 is 0 Å². The van der Waals surface area contributed by atoms with Gasteiger partial charge in [-0.05, 0) is 24.3 Å². The van der Waals surface area contributed by atoms with Crippen molar-refractivity contribution in [1.29, 1.82) is 0 Å². The summed E-state index contributed by atoms with van der Waals surface area (Å²) in [5, 5.41) is 8.10. The van der Waals surface area contributed by atoms with Crippen molar-refractivity contribution in [2.75, 3.05) is 0 Å². The molecule has 1 heterocycles. The summed E-state index contributed by atoms with van der Waals surface area (Å²) in [6.45, 7) is 0. The lowest BCUT2D eigenvalue weighted by Gasteiger charge is -2.08. The fourth-order valence-electron chi connectivity index (χ4n) is 1.92. The number of para-hydroxylation sites is 1. The van der Waals surface area contributed by atoms with E-state index in [2.05, 4.69) is 10.3 Å². The molecule has 90 valence electrons. The molecule has 2 aromatic carbocycles. The Morgan fingerprint density at radius 3 is 2.78 bits per heavy atom. The summed E-state index contributed by atoms with van der Waals surface area (Å²) in [5.41, 5.74) is 2.64. The second-order valence-electron chi connectivity index (χ2n) is 3.86. The quantitative estimate of drug-likeness (QED) is 0.663. The molecule has 0 aliphatic rings. The number of halogens is 2. The molecule has 0 fully saturated rings. The summed E-state index contributed by atoms with van der Waals surface area (Å²) in [6.07, 6.45) is 0. The molecule has 5 heteroatoms. The summed E-state index contributed by atoms with van der Waals surface area (Å²) in [4.78, 5) is 0. The first-order valence-electron chi connectivity index (χ1n) is 5.45. The van der Waals surface area contributed by atoms with Crippen LogP contribution in [-0.4, -0.2) is 15.0 Å². The van der Waals surface area contributed by atoms with Gasteiger partial charge in [-0.25, -0.2) is 9.07 Å². The fourth-order valence-corrected chi connectivity index (χ4v) is 2.19. The Hall–Kier alpha value is -1.94. The van der Waals surface area contributed by atoms with Gasteiger partial charge in [0.15, 0.2) is 0 Å². The average Bonchev–Trinajstić information content (AvgIpc) is 2.82. The maximum atomic E-state index is 13.7. The molecule has 0 saturated heterocycles. The van der Waals surface area contributed by atoms with Gasteiger partial charge in [0.1, 0.15) is 11.3 Å². The predicted octanol–water partition coefficient (Wildman–Crippen LogP) is 3.30. The Balaban J connectivity index is 2.30. The van der Waals surface area contributed by atoms with E-state index in [1.54, 1.807) is 16.8 Å². The van der Waals surface area contributed by atoms with Crippen LogP contribution in [-0.2, 0) is 5.88 Å². The van der Waals surface area contributed by atoms with Crippen molar-refractivity contribution in [3.8, 4) is 5.69 Å². The Kier molecular flexibility index (Phi) is 2.72. The Morgan fingerprint density at radius 1 is 1.11 bits per heavy atom. The zero-order valence-corrected chi connectivity index (χ0v) is 10.1. The van der Waals surface area contributed by atoms with Crippen LogP contribution in [0.1, 0.15) is 5.56 Å². The smallest absolute Gasteiger partial charge is 0.129 e. The maximum Gasteiger partial charge on any atom is 0.129 e. The molecule has 0 bridgehead atoms. The highest BCUT2D eigenvalue weighted by atomic mass is 35.5. The van der Waals surface area contributed by atoms with Gasteiger partial charge >= 0.3 is 0 Å². The van der Waals surface area contributed by atoms with Gasteiger partial charge < -0.3 is 0 Å². The zero-order valence-electron chi connectivity index (χ0n) is 9.35. The van der Waals surface area contributed by atoms with Gasteiger partial charge in [-0.1, -0.05) is 23.4 Å². The molecular weight excluding hydrogens is 253 g/mol. The number of aromatic nitrogens is 3. The molecular formula is C13H9ClFN3. The topological polar surface area (TPSA) is 30.7 Å². The van der Waals surface area contributed by atoms with Crippen LogP contribution in [0.15, 0.2) is 42.5 Å². The molecule has 0 aliphatic carbocycles. The molecule has 3 aromatic rings. The Labute approximate surface area is 108 Å². The van der Waals surface area contributed by atoms with Gasteiger partial charge in [0.25, 0.3) is 0 Å². The molecule has 0 unspecified atom stereocenters. The molecule has 0 spiro atoms. The van der Waals surface area contributed by atoms with E-state index in [4.69, 9.17) is 11.6 Å². The van der Waals surface area contributed by atoms with E-state index in [9.17, 15) is 4.39 Å². The van der Waals surface area contributed by atoms with Crippen molar-refractivity contribution >= 4 is 22.6 Å². The van der Waals surface area contributed by atoms with Crippen LogP contribution >= 0.6 is 11.6 Å². The molecule has 0 N–H and O–H groups in total. The minimum Gasteiger partial charge on any atom is -0.212 e. The molecule has 0 atom stereocenters. The van der Waals surface area contributed by atoms with Crippen LogP contribution in [0.4, 0.5) is 4.39 Å². The van der Waals surface area contributed by atoms with Crippen molar-refractivity contribution in [3.63, 3.8) is 0 Å². The molecule has 3 nitrogen and oxygen atoms in total. The minimum atomic E-state index is -0.331. The number of nitrogens with zero attached hydrogens (tertiary/aromatic N) is 3. The summed E-state index contributed by atoms with van der Waals surface area (Å²) < 4.78 is 15.3. The lowest BCUT2D eigenvalue weighted by atomic mass is 10.2. The van der Waals surface area contributed by atoms with Crippen molar-refractivity contribution in [2.45, 2.75) is 5.88 Å². The molecule has 0 amide bonds. The standard InChI is InChI=1S/C13H9ClFN3/c14-8-9-10(15)4-3-7-12(9)18-13-6-2-1-5-11(13)16-17-18/h1-7H,8H2. The molecule has 0 saturated carbocycles. The highest BCUT2D eigenvalue weighted by Crippen LogP contribution is 2.22. The van der Waals surface area contributed by atoms with Gasteiger partial charge in [0, 0.05) is 5.56 Å². The van der Waals surface area contributed by atoms with E-state index in [0.29, 0.717) is 11.3 Å². The largest absolute Gasteiger partial charge is 0.212 e. The van der Waals surface area contributed by atoms with Crippen molar-refractivity contribution in [1.82, 2.24) is 15.0 Å². The number of hydrogen-bond acceptors (Lipinski definition) is 2. The third-order valence-electron chi connectivity index (χ3n) is 2.81. The van der Waals surface area contributed by atoms with Gasteiger partial charge in [-0.2, -0.15) is 0 Å². The van der Waals surface area contributed by atoms with Gasteiger partial charge in [0.05, 0.1) is 17.1 Å². The SMILES string of the molecule is Fc1cccc(-n2nnc3ccccc32)c1CCl. The number of hydrogen-bond donors (Lipinski definition) is 0. The molecule has 18 heavy (non-hydrogen) atoms. The lowest BCUT2D eigenvalue weighted by molar-refractivity contribution is 0.613. The fraction of sp³-hybridized carbons (Fsp3) is 0.0769. The van der Waals surface area contributed by atoms with Crippen LogP contribution in [0.25, 0.3) is 16.7 Å². The highest BCUT2D eigenvalue weighted by Gasteiger charge is 2.12. The number of rotatable bonds is 2. The second-order valence-corrected chi connectivity index (χ2v) is 4.13. The molecule has 1 aromatic heterocycles. The van der Waals surface area contributed by atoms with Gasteiger partial charge in [-0.15, -0.1) is 16.7 Å². The van der Waals surface area contributed by atoms with E-state index >= 15 is 0 Å². The van der Waals surface area contributed by atoms with Crippen molar-refractivity contribution < 1.29 is 4.39 Å². The lowest BCUT2D eigenvalue weighted by Crippen LogP contribution is -2.02. The Bertz CT molecular complexity index is 708. The normalized spacial score (nSPS) is 11.0. The third kappa shape index (κ3) is 1.66. The third-order valence-corrected chi connectivity index (χ3v) is 3.08. The van der Waals surface area contributed by atoms with Crippen molar-refractivity contribution in [3.05, 3.63) is 53.8 Å². The number of benzene rings is 2. The first kappa shape index (κ1) is 11.2. The first-order valence-corrected chi connectivity index (χ1v) is 5.99. The number of fused-ring (bicyclic) bond motifs is 1. The molecule has 3 rings (SSSR count). The Morgan fingerprint density at radius 2 is 1.94 bits per heavy atom. The molecule has 0 aliphatic heterocycles. The van der Waals surface area contributed by atoms with E-state index < -0.39 is 0 Å². The van der Waals surface area contributed by atoms with Crippen molar-refractivity contribution in [2.24, 2.45) is 0 Å². The van der Waals surface area contributed by atoms with Gasteiger partial charge in [-0.3, -0.25) is 0 Å². The van der Waals surface area contributed by atoms with Crippen LogP contribution in [0.5, 0.6) is 0 Å². The second kappa shape index (κ2) is 4.38. The number of alkyl halides is 1. The van der Waals surface area contributed by atoms with E-state index in [1.807, 2.05) is 24.3 Å². The average molecular weight is 262 g/mol. The summed E-state index contributed by atoms with van der Waals surface area (Å²) in [6, 6.07) is 12.3. The molecule has 0 radical (unpaired) electrons. The van der Waals surface area contributed by atoms with Crippen LogP contribution in [0.3, 0.4) is 0 Å². The highest BCUT2D eigenvalue weighted by molar-refractivity contribution is 6.17. The summed E-state index contributed by atoms with van der Waals surface area (Å²) >= 11 is 5.80. The maximum absolute atomic E-state index is 13.7. The monoisotopic (exact) mass is 261 g/mol. The van der Waals surface area contributed by atoms with E-state index in [0.717, 1.165) is 11.0 Å². The first-order chi connectivity index (χ1) is 8.81. The van der Waals surface area contributed by atoms with E-state index in [1.165, 1.54) is 6.07 Å². The van der Waals surface area contributed by atoms with E-state index in [-0.39, 0.29) is 11.7 Å². The predicted molar refractivity (Wildman–Crippen MR) is 68.4 cm³/mol.